The highest BCUT2D eigenvalue weighted by Gasteiger charge is 2.17. The number of urea groups is 1. The maximum absolute atomic E-state index is 11.6. The zero-order valence-corrected chi connectivity index (χ0v) is 16.0. The quantitative estimate of drug-likeness (QED) is 0.493. The first-order chi connectivity index (χ1) is 12.2. The lowest BCUT2D eigenvalue weighted by Gasteiger charge is -2.15. The smallest absolute Gasteiger partial charge is 0.312 e. The van der Waals surface area contributed by atoms with E-state index >= 15 is 0 Å². The molecule has 7 N–H and O–H groups in total. The Morgan fingerprint density at radius 2 is 1.65 bits per heavy atom. The minimum Gasteiger partial charge on any atom is -0.352 e. The number of amides is 4. The summed E-state index contributed by atoms with van der Waals surface area (Å²) in [6, 6.07) is 6.41. The normalized spacial score (nSPS) is 11.0. The standard InChI is InChI=1S/C14H21N3O2.C4H10N2O/c1-9(2)13(15)14(19)16-8-12(18)17-11-6-4-10(3)5-7-11;1-2-3-6-4(5)7/h4-7,9,13H,8,15H2,1-3H3,(H,16,19)(H,17,18);2-3H2,1H3,(H3,5,6,7). The first-order valence-corrected chi connectivity index (χ1v) is 8.60. The molecule has 0 saturated carbocycles. The molecule has 8 nitrogen and oxygen atoms in total. The molecule has 0 aliphatic carbocycles. The lowest BCUT2D eigenvalue weighted by atomic mass is 10.1. The third kappa shape index (κ3) is 11.0. The third-order valence-corrected chi connectivity index (χ3v) is 3.33. The minimum atomic E-state index is -0.591. The summed E-state index contributed by atoms with van der Waals surface area (Å²) in [6.07, 6.45) is 0.933. The molecule has 0 aromatic heterocycles. The molecule has 1 rings (SSSR count). The molecule has 26 heavy (non-hydrogen) atoms. The highest BCUT2D eigenvalue weighted by molar-refractivity contribution is 5.95. The Kier molecular flexibility index (Phi) is 11.4. The van der Waals surface area contributed by atoms with Crippen LogP contribution in [0.15, 0.2) is 24.3 Å². The molecular weight excluding hydrogens is 334 g/mol. The molecule has 1 aromatic carbocycles. The minimum absolute atomic E-state index is 0.0418. The zero-order chi connectivity index (χ0) is 20.1. The number of aryl methyl sites for hydroxylation is 1. The van der Waals surface area contributed by atoms with Crippen molar-refractivity contribution in [3.8, 4) is 0 Å². The summed E-state index contributed by atoms with van der Waals surface area (Å²) < 4.78 is 0. The van der Waals surface area contributed by atoms with Crippen LogP contribution in [0.2, 0.25) is 0 Å². The van der Waals surface area contributed by atoms with Crippen LogP contribution < -0.4 is 27.4 Å². The zero-order valence-electron chi connectivity index (χ0n) is 16.0. The average molecular weight is 365 g/mol. The van der Waals surface area contributed by atoms with Gasteiger partial charge in [0.2, 0.25) is 11.8 Å². The summed E-state index contributed by atoms with van der Waals surface area (Å²) in [5.74, 6) is -0.539. The van der Waals surface area contributed by atoms with Crippen molar-refractivity contribution in [1.82, 2.24) is 10.6 Å². The fourth-order valence-corrected chi connectivity index (χ4v) is 1.68. The van der Waals surface area contributed by atoms with Gasteiger partial charge in [-0.2, -0.15) is 0 Å². The summed E-state index contributed by atoms with van der Waals surface area (Å²) >= 11 is 0. The number of benzene rings is 1. The monoisotopic (exact) mass is 365 g/mol. The SMILES string of the molecule is CCCNC(N)=O.Cc1ccc(NC(=O)CNC(=O)C(N)C(C)C)cc1. The van der Waals surface area contributed by atoms with Crippen molar-refractivity contribution in [3.63, 3.8) is 0 Å². The number of primary amides is 1. The number of nitrogens with two attached hydrogens (primary N) is 2. The van der Waals surface area contributed by atoms with Crippen molar-refractivity contribution in [2.24, 2.45) is 17.4 Å². The lowest BCUT2D eigenvalue weighted by molar-refractivity contribution is -0.125. The molecular formula is C18H31N5O3. The summed E-state index contributed by atoms with van der Waals surface area (Å²) in [7, 11) is 0. The van der Waals surface area contributed by atoms with E-state index in [9.17, 15) is 14.4 Å². The number of hydrogen-bond donors (Lipinski definition) is 5. The van der Waals surface area contributed by atoms with Crippen LogP contribution in [-0.2, 0) is 9.59 Å². The molecule has 0 spiro atoms. The highest BCUT2D eigenvalue weighted by Crippen LogP contribution is 2.08. The lowest BCUT2D eigenvalue weighted by Crippen LogP contribution is -2.46. The number of anilines is 1. The van der Waals surface area contributed by atoms with E-state index in [4.69, 9.17) is 11.5 Å². The Morgan fingerprint density at radius 3 is 2.08 bits per heavy atom. The van der Waals surface area contributed by atoms with E-state index in [1.165, 1.54) is 0 Å². The van der Waals surface area contributed by atoms with Gasteiger partial charge in [0.25, 0.3) is 0 Å². The molecule has 0 saturated heterocycles. The molecule has 0 fully saturated rings. The van der Waals surface area contributed by atoms with E-state index in [-0.39, 0.29) is 24.3 Å². The second kappa shape index (κ2) is 12.7. The first kappa shape index (κ1) is 23.4. The number of nitrogens with one attached hydrogen (secondary N) is 3. The van der Waals surface area contributed by atoms with Crippen LogP contribution in [0.4, 0.5) is 10.5 Å². The summed E-state index contributed by atoms with van der Waals surface area (Å²) in [5, 5.41) is 7.65. The van der Waals surface area contributed by atoms with Gasteiger partial charge < -0.3 is 27.4 Å². The van der Waals surface area contributed by atoms with Gasteiger partial charge in [-0.3, -0.25) is 9.59 Å². The summed E-state index contributed by atoms with van der Waals surface area (Å²) in [5.41, 5.74) is 12.2. The van der Waals surface area contributed by atoms with Gasteiger partial charge in [-0.1, -0.05) is 38.5 Å². The molecule has 1 unspecified atom stereocenters. The van der Waals surface area contributed by atoms with E-state index < -0.39 is 12.1 Å². The van der Waals surface area contributed by atoms with Gasteiger partial charge in [-0.25, -0.2) is 4.79 Å². The van der Waals surface area contributed by atoms with Gasteiger partial charge >= 0.3 is 6.03 Å². The summed E-state index contributed by atoms with van der Waals surface area (Å²) in [6.45, 7) is 8.25. The molecule has 4 amide bonds. The van der Waals surface area contributed by atoms with Crippen LogP contribution >= 0.6 is 0 Å². The third-order valence-electron chi connectivity index (χ3n) is 3.33. The summed E-state index contributed by atoms with van der Waals surface area (Å²) in [4.78, 5) is 33.1. The average Bonchev–Trinajstić information content (AvgIpc) is 2.59. The second-order valence-electron chi connectivity index (χ2n) is 6.19. The van der Waals surface area contributed by atoms with Gasteiger partial charge in [0.15, 0.2) is 0 Å². The van der Waals surface area contributed by atoms with E-state index in [1.54, 1.807) is 0 Å². The van der Waals surface area contributed by atoms with Crippen LogP contribution in [0.3, 0.4) is 0 Å². The number of carbonyl (C=O) groups is 3. The molecule has 0 heterocycles. The van der Waals surface area contributed by atoms with Crippen molar-refractivity contribution in [3.05, 3.63) is 29.8 Å². The molecule has 146 valence electrons. The first-order valence-electron chi connectivity index (χ1n) is 8.60. The molecule has 0 bridgehead atoms. The molecule has 0 aliphatic heterocycles. The van der Waals surface area contributed by atoms with Crippen molar-refractivity contribution in [2.45, 2.75) is 40.2 Å². The van der Waals surface area contributed by atoms with Crippen molar-refractivity contribution >= 4 is 23.5 Å². The molecule has 8 heteroatoms. The van der Waals surface area contributed by atoms with E-state index in [1.807, 2.05) is 52.0 Å². The fraction of sp³-hybridized carbons (Fsp3) is 0.500. The highest BCUT2D eigenvalue weighted by atomic mass is 16.2. The van der Waals surface area contributed by atoms with E-state index in [0.29, 0.717) is 12.2 Å². The Morgan fingerprint density at radius 1 is 1.08 bits per heavy atom. The van der Waals surface area contributed by atoms with Gasteiger partial charge in [0.1, 0.15) is 0 Å². The van der Waals surface area contributed by atoms with Crippen LogP contribution in [0.25, 0.3) is 0 Å². The van der Waals surface area contributed by atoms with Gasteiger partial charge in [0, 0.05) is 12.2 Å². The molecule has 0 radical (unpaired) electrons. The van der Waals surface area contributed by atoms with Crippen molar-refractivity contribution in [2.75, 3.05) is 18.4 Å². The van der Waals surface area contributed by atoms with Crippen LogP contribution in [-0.4, -0.2) is 37.0 Å². The molecule has 0 aliphatic rings. The molecule has 1 atom stereocenters. The van der Waals surface area contributed by atoms with Crippen molar-refractivity contribution < 1.29 is 14.4 Å². The van der Waals surface area contributed by atoms with Crippen LogP contribution in [0.1, 0.15) is 32.8 Å². The predicted molar refractivity (Wildman–Crippen MR) is 104 cm³/mol. The number of rotatable bonds is 7. The van der Waals surface area contributed by atoms with E-state index in [0.717, 1.165) is 12.0 Å². The Labute approximate surface area is 155 Å². The fourth-order valence-electron chi connectivity index (χ4n) is 1.68. The Balaban J connectivity index is 0.000000758. The number of carbonyl (C=O) groups excluding carboxylic acids is 3. The van der Waals surface area contributed by atoms with Crippen LogP contribution in [0, 0.1) is 12.8 Å². The topological polar surface area (TPSA) is 139 Å². The maximum Gasteiger partial charge on any atom is 0.312 e. The Hall–Kier alpha value is -2.61. The van der Waals surface area contributed by atoms with Gasteiger partial charge in [-0.15, -0.1) is 0 Å². The van der Waals surface area contributed by atoms with Crippen molar-refractivity contribution in [1.29, 1.82) is 0 Å². The number of hydrogen-bond acceptors (Lipinski definition) is 4. The Bertz CT molecular complexity index is 573. The molecule has 1 aromatic rings. The second-order valence-corrected chi connectivity index (χ2v) is 6.19. The maximum atomic E-state index is 11.6. The largest absolute Gasteiger partial charge is 0.352 e. The van der Waals surface area contributed by atoms with Gasteiger partial charge in [0.05, 0.1) is 12.6 Å². The van der Waals surface area contributed by atoms with Crippen LogP contribution in [0.5, 0.6) is 0 Å². The predicted octanol–water partition coefficient (Wildman–Crippen LogP) is 1.10. The van der Waals surface area contributed by atoms with E-state index in [2.05, 4.69) is 16.0 Å². The van der Waals surface area contributed by atoms with Gasteiger partial charge in [-0.05, 0) is 31.4 Å².